The van der Waals surface area contributed by atoms with Crippen LogP contribution in [-0.2, 0) is 0 Å². The second kappa shape index (κ2) is 5.69. The van der Waals surface area contributed by atoms with Crippen LogP contribution in [0.5, 0.6) is 0 Å². The summed E-state index contributed by atoms with van der Waals surface area (Å²) in [6, 6.07) is 0. The first-order valence-corrected chi connectivity index (χ1v) is 6.36. The minimum Gasteiger partial charge on any atom is -0.392 e. The Kier molecular flexibility index (Phi) is 4.25. The van der Waals surface area contributed by atoms with Gasteiger partial charge in [-0.05, 0) is 42.5 Å². The van der Waals surface area contributed by atoms with Crippen LogP contribution in [-0.4, -0.2) is 32.1 Å². The Bertz CT molecular complexity index is 309. The molecule has 0 saturated carbocycles. The van der Waals surface area contributed by atoms with Gasteiger partial charge < -0.3 is 10.4 Å². The molecule has 16 heavy (non-hydrogen) atoms. The van der Waals surface area contributed by atoms with Crippen molar-refractivity contribution in [3.63, 3.8) is 0 Å². The minimum atomic E-state index is 0.209. The van der Waals surface area contributed by atoms with Crippen molar-refractivity contribution in [1.82, 2.24) is 5.32 Å². The van der Waals surface area contributed by atoms with E-state index in [0.717, 1.165) is 25.3 Å². The Hall–Kier alpha value is -0.535. The maximum Gasteiger partial charge on any atom is 0.110 e. The number of nitrogens with one attached hydrogen (secondary N) is 1. The van der Waals surface area contributed by atoms with E-state index in [1.54, 1.807) is 0 Å². The standard InChI is InChI=1S/C13H21BNO/c1-14-12-4-2-3-10(7-12)13-5-6-15-8-11(13)9-16/h3,12,15-16H,2,4-9H2,1H3. The van der Waals surface area contributed by atoms with Gasteiger partial charge in [-0.15, -0.1) is 0 Å². The van der Waals surface area contributed by atoms with Crippen LogP contribution >= 0.6 is 0 Å². The molecule has 2 aliphatic rings. The van der Waals surface area contributed by atoms with Gasteiger partial charge >= 0.3 is 0 Å². The van der Waals surface area contributed by atoms with E-state index in [-0.39, 0.29) is 6.61 Å². The molecular weight excluding hydrogens is 197 g/mol. The van der Waals surface area contributed by atoms with Crippen LogP contribution in [0.2, 0.25) is 12.6 Å². The number of hydrogen-bond donors (Lipinski definition) is 2. The molecule has 0 aromatic carbocycles. The molecule has 2 N–H and O–H groups in total. The zero-order valence-electron chi connectivity index (χ0n) is 10.1. The Labute approximate surface area is 99.1 Å². The summed E-state index contributed by atoms with van der Waals surface area (Å²) in [5.74, 6) is 0.738. The van der Waals surface area contributed by atoms with Gasteiger partial charge in [-0.25, -0.2) is 0 Å². The molecule has 1 atom stereocenters. The monoisotopic (exact) mass is 218 g/mol. The molecule has 0 spiro atoms. The molecule has 0 aromatic heterocycles. The summed E-state index contributed by atoms with van der Waals surface area (Å²) in [6.45, 7) is 4.29. The zero-order chi connectivity index (χ0) is 11.4. The molecule has 0 aromatic rings. The summed E-state index contributed by atoms with van der Waals surface area (Å²) < 4.78 is 0. The van der Waals surface area contributed by atoms with Crippen LogP contribution in [0.25, 0.3) is 0 Å². The first-order chi connectivity index (χ1) is 7.85. The van der Waals surface area contributed by atoms with Crippen molar-refractivity contribution in [3.05, 3.63) is 22.8 Å². The van der Waals surface area contributed by atoms with Gasteiger partial charge in [-0.1, -0.05) is 25.1 Å². The van der Waals surface area contributed by atoms with Crippen LogP contribution in [0.4, 0.5) is 0 Å². The summed E-state index contributed by atoms with van der Waals surface area (Å²) >= 11 is 0. The quantitative estimate of drug-likeness (QED) is 0.709. The van der Waals surface area contributed by atoms with Crippen molar-refractivity contribution in [2.75, 3.05) is 19.7 Å². The minimum absolute atomic E-state index is 0.209. The third-order valence-corrected chi connectivity index (χ3v) is 3.78. The van der Waals surface area contributed by atoms with Crippen LogP contribution in [0, 0.1) is 0 Å². The highest BCUT2D eigenvalue weighted by molar-refractivity contribution is 6.35. The van der Waals surface area contributed by atoms with Gasteiger partial charge in [0.25, 0.3) is 0 Å². The lowest BCUT2D eigenvalue weighted by molar-refractivity contribution is 0.323. The average Bonchev–Trinajstić information content (AvgIpc) is 2.38. The van der Waals surface area contributed by atoms with Crippen LogP contribution in [0.1, 0.15) is 25.7 Å². The molecule has 87 valence electrons. The van der Waals surface area contributed by atoms with Crippen molar-refractivity contribution in [2.45, 2.75) is 38.3 Å². The van der Waals surface area contributed by atoms with E-state index in [1.165, 1.54) is 36.0 Å². The predicted octanol–water partition coefficient (Wildman–Crippen LogP) is 1.92. The molecule has 0 amide bonds. The fraction of sp³-hybridized carbons (Fsp3) is 0.692. The molecular formula is C13H21BNO. The number of aliphatic hydroxyl groups excluding tert-OH is 1. The van der Waals surface area contributed by atoms with E-state index in [1.807, 2.05) is 0 Å². The Balaban J connectivity index is 2.16. The first kappa shape index (κ1) is 11.9. The van der Waals surface area contributed by atoms with Crippen molar-refractivity contribution in [3.8, 4) is 0 Å². The molecule has 1 heterocycles. The number of allylic oxidation sites excluding steroid dienone is 2. The average molecular weight is 218 g/mol. The van der Waals surface area contributed by atoms with E-state index in [4.69, 9.17) is 0 Å². The van der Waals surface area contributed by atoms with Crippen molar-refractivity contribution in [1.29, 1.82) is 0 Å². The van der Waals surface area contributed by atoms with Crippen LogP contribution in [0.15, 0.2) is 22.8 Å². The maximum atomic E-state index is 9.38. The van der Waals surface area contributed by atoms with Gasteiger partial charge in [0.2, 0.25) is 0 Å². The van der Waals surface area contributed by atoms with Gasteiger partial charge in [0.05, 0.1) is 6.61 Å². The third-order valence-electron chi connectivity index (χ3n) is 3.78. The van der Waals surface area contributed by atoms with Gasteiger partial charge in [0, 0.05) is 6.54 Å². The van der Waals surface area contributed by atoms with Crippen molar-refractivity contribution >= 4 is 7.28 Å². The SMILES string of the molecule is C[B]C1CCC=C(C2=C(CO)CNCC2)C1. The highest BCUT2D eigenvalue weighted by Crippen LogP contribution is 2.34. The van der Waals surface area contributed by atoms with E-state index >= 15 is 0 Å². The second-order valence-electron chi connectivity index (χ2n) is 4.77. The van der Waals surface area contributed by atoms with Crippen molar-refractivity contribution < 1.29 is 5.11 Å². The molecule has 1 radical (unpaired) electrons. The number of hydrogen-bond acceptors (Lipinski definition) is 2. The lowest BCUT2D eigenvalue weighted by Gasteiger charge is -2.27. The fourth-order valence-electron chi connectivity index (χ4n) is 2.75. The summed E-state index contributed by atoms with van der Waals surface area (Å²) in [7, 11) is 2.33. The second-order valence-corrected chi connectivity index (χ2v) is 4.77. The van der Waals surface area contributed by atoms with Gasteiger partial charge in [-0.3, -0.25) is 0 Å². The van der Waals surface area contributed by atoms with Gasteiger partial charge in [0.15, 0.2) is 0 Å². The van der Waals surface area contributed by atoms with E-state index in [0.29, 0.717) is 0 Å². The smallest absolute Gasteiger partial charge is 0.110 e. The Morgan fingerprint density at radius 2 is 2.44 bits per heavy atom. The van der Waals surface area contributed by atoms with E-state index in [2.05, 4.69) is 25.5 Å². The zero-order valence-corrected chi connectivity index (χ0v) is 10.1. The number of rotatable bonds is 3. The summed E-state index contributed by atoms with van der Waals surface area (Å²) in [5, 5.41) is 12.7. The largest absolute Gasteiger partial charge is 0.392 e. The molecule has 2 rings (SSSR count). The lowest BCUT2D eigenvalue weighted by atomic mass is 9.60. The normalized spacial score (nSPS) is 26.6. The molecule has 1 unspecified atom stereocenters. The van der Waals surface area contributed by atoms with Gasteiger partial charge in [0.1, 0.15) is 7.28 Å². The molecule has 0 fully saturated rings. The topological polar surface area (TPSA) is 32.3 Å². The molecule has 3 heteroatoms. The molecule has 1 aliphatic heterocycles. The summed E-state index contributed by atoms with van der Waals surface area (Å²) in [6.07, 6.45) is 7.13. The highest BCUT2D eigenvalue weighted by atomic mass is 16.3. The van der Waals surface area contributed by atoms with Crippen LogP contribution < -0.4 is 5.32 Å². The van der Waals surface area contributed by atoms with E-state index in [9.17, 15) is 5.11 Å². The molecule has 1 aliphatic carbocycles. The molecule has 2 nitrogen and oxygen atoms in total. The first-order valence-electron chi connectivity index (χ1n) is 6.36. The molecule has 0 saturated heterocycles. The van der Waals surface area contributed by atoms with Crippen LogP contribution in [0.3, 0.4) is 0 Å². The summed E-state index contributed by atoms with van der Waals surface area (Å²) in [5.41, 5.74) is 4.14. The predicted molar refractivity (Wildman–Crippen MR) is 68.9 cm³/mol. The van der Waals surface area contributed by atoms with E-state index < -0.39 is 0 Å². The Morgan fingerprint density at radius 3 is 3.19 bits per heavy atom. The number of aliphatic hydroxyl groups is 1. The van der Waals surface area contributed by atoms with Gasteiger partial charge in [-0.2, -0.15) is 0 Å². The fourth-order valence-corrected chi connectivity index (χ4v) is 2.75. The Morgan fingerprint density at radius 1 is 1.56 bits per heavy atom. The lowest BCUT2D eigenvalue weighted by Crippen LogP contribution is -2.27. The third kappa shape index (κ3) is 2.58. The molecule has 0 bridgehead atoms. The summed E-state index contributed by atoms with van der Waals surface area (Å²) in [4.78, 5) is 0. The highest BCUT2D eigenvalue weighted by Gasteiger charge is 2.20. The van der Waals surface area contributed by atoms with Crippen molar-refractivity contribution in [2.24, 2.45) is 0 Å². The maximum absolute atomic E-state index is 9.38.